The van der Waals surface area contributed by atoms with E-state index in [-0.39, 0.29) is 23.1 Å². The maximum atomic E-state index is 13.0. The Morgan fingerprint density at radius 1 is 1.19 bits per heavy atom. The molecule has 3 rings (SSSR count). The Hall–Kier alpha value is -2.25. The smallest absolute Gasteiger partial charge is 0.251 e. The van der Waals surface area contributed by atoms with E-state index in [2.05, 4.69) is 48.2 Å². The Morgan fingerprint density at radius 3 is 2.45 bits per heavy atom. The van der Waals surface area contributed by atoms with Gasteiger partial charge in [0, 0.05) is 30.0 Å². The van der Waals surface area contributed by atoms with Gasteiger partial charge in [-0.1, -0.05) is 53.7 Å². The minimum Gasteiger partial charge on any atom is -0.340 e. The third kappa shape index (κ3) is 5.71. The van der Waals surface area contributed by atoms with Gasteiger partial charge in [0.2, 0.25) is 5.91 Å². The van der Waals surface area contributed by atoms with Crippen LogP contribution in [-0.2, 0) is 23.2 Å². The number of thiazole rings is 1. The summed E-state index contributed by atoms with van der Waals surface area (Å²) >= 11 is 1.53. The average Bonchev–Trinajstić information content (AvgIpc) is 3.12. The van der Waals surface area contributed by atoms with Gasteiger partial charge in [-0.25, -0.2) is 4.98 Å². The van der Waals surface area contributed by atoms with E-state index in [1.165, 1.54) is 16.2 Å². The number of hydrogen-bond donors (Lipinski definition) is 2. The van der Waals surface area contributed by atoms with Crippen molar-refractivity contribution in [1.29, 1.82) is 0 Å². The average molecular weight is 443 g/mol. The number of likely N-dealkylation sites (N-methyl/N-ethyl adjacent to an activating group) is 1. The summed E-state index contributed by atoms with van der Waals surface area (Å²) in [6, 6.07) is 6.94. The maximum Gasteiger partial charge on any atom is 0.251 e. The van der Waals surface area contributed by atoms with Gasteiger partial charge >= 0.3 is 0 Å². The summed E-state index contributed by atoms with van der Waals surface area (Å²) in [4.78, 5) is 34.0. The lowest BCUT2D eigenvalue weighted by molar-refractivity contribution is -0.118. The first-order chi connectivity index (χ1) is 14.6. The Morgan fingerprint density at radius 2 is 1.87 bits per heavy atom. The molecule has 168 valence electrons. The van der Waals surface area contributed by atoms with Crippen LogP contribution in [-0.4, -0.2) is 40.8 Å². The van der Waals surface area contributed by atoms with Crippen LogP contribution in [0.25, 0.3) is 0 Å². The number of carbonyl (C=O) groups excluding carboxylic acids is 2. The van der Waals surface area contributed by atoms with Crippen LogP contribution in [0.4, 0.5) is 5.13 Å². The fourth-order valence-electron chi connectivity index (χ4n) is 3.64. The molecule has 1 aromatic heterocycles. The van der Waals surface area contributed by atoms with Crippen molar-refractivity contribution in [1.82, 2.24) is 15.2 Å². The highest BCUT2D eigenvalue weighted by Gasteiger charge is 2.27. The number of hydrogen-bond acceptors (Lipinski definition) is 5. The van der Waals surface area contributed by atoms with Crippen molar-refractivity contribution in [3.05, 3.63) is 46.0 Å². The predicted octanol–water partition coefficient (Wildman–Crippen LogP) is 4.21. The van der Waals surface area contributed by atoms with Gasteiger partial charge in [-0.05, 0) is 35.6 Å². The number of nitrogens with zero attached hydrogens (tertiary/aromatic N) is 2. The van der Waals surface area contributed by atoms with Crippen LogP contribution >= 0.6 is 11.3 Å². The molecule has 1 aliphatic heterocycles. The molecule has 0 fully saturated rings. The third-order valence-corrected chi connectivity index (χ3v) is 6.73. The number of carbonyl (C=O) groups is 2. The molecule has 31 heavy (non-hydrogen) atoms. The number of fused-ring (bicyclic) bond motifs is 1. The zero-order valence-corrected chi connectivity index (χ0v) is 20.2. The van der Waals surface area contributed by atoms with Crippen LogP contribution < -0.4 is 10.6 Å². The molecule has 6 nitrogen and oxygen atoms in total. The van der Waals surface area contributed by atoms with Crippen LogP contribution in [0.15, 0.2) is 24.3 Å². The van der Waals surface area contributed by atoms with Gasteiger partial charge in [-0.2, -0.15) is 0 Å². The number of benzene rings is 1. The van der Waals surface area contributed by atoms with Crippen LogP contribution in [0.1, 0.15) is 68.0 Å². The van der Waals surface area contributed by atoms with Crippen molar-refractivity contribution >= 4 is 28.3 Å². The van der Waals surface area contributed by atoms with Gasteiger partial charge in [-0.3, -0.25) is 14.5 Å². The van der Waals surface area contributed by atoms with Crippen molar-refractivity contribution in [2.45, 2.75) is 66.0 Å². The SMILES string of the molecule is CCN1CCc2nc(NC(=O)C(NC(=O)c3ccc(C(C)(C)C)cc3)C(C)C)sc2C1. The van der Waals surface area contributed by atoms with E-state index in [0.717, 1.165) is 37.3 Å². The molecule has 2 amide bonds. The summed E-state index contributed by atoms with van der Waals surface area (Å²) in [5.74, 6) is -0.526. The molecule has 1 aromatic carbocycles. The summed E-state index contributed by atoms with van der Waals surface area (Å²) in [6.07, 6.45) is 0.907. The fourth-order valence-corrected chi connectivity index (χ4v) is 4.69. The van der Waals surface area contributed by atoms with Gasteiger partial charge in [0.05, 0.1) is 5.69 Å². The van der Waals surface area contributed by atoms with Crippen LogP contribution in [0.5, 0.6) is 0 Å². The normalized spacial score (nSPS) is 15.5. The molecule has 0 aliphatic carbocycles. The van der Waals surface area contributed by atoms with E-state index in [9.17, 15) is 9.59 Å². The molecule has 1 aliphatic rings. The summed E-state index contributed by atoms with van der Waals surface area (Å²) < 4.78 is 0. The highest BCUT2D eigenvalue weighted by atomic mass is 32.1. The minimum absolute atomic E-state index is 0.0242. The number of anilines is 1. The second-order valence-electron chi connectivity index (χ2n) is 9.52. The van der Waals surface area contributed by atoms with Gasteiger partial charge < -0.3 is 10.6 Å². The second kappa shape index (κ2) is 9.49. The lowest BCUT2D eigenvalue weighted by atomic mass is 9.86. The number of nitrogens with one attached hydrogen (secondary N) is 2. The third-order valence-electron chi connectivity index (χ3n) is 5.74. The zero-order chi connectivity index (χ0) is 22.8. The first-order valence-electron chi connectivity index (χ1n) is 11.0. The number of rotatable bonds is 6. The topological polar surface area (TPSA) is 74.3 Å². The molecule has 0 saturated carbocycles. The van der Waals surface area contributed by atoms with E-state index < -0.39 is 6.04 Å². The van der Waals surface area contributed by atoms with Gasteiger partial charge in [0.25, 0.3) is 5.91 Å². The van der Waals surface area contributed by atoms with Crippen molar-refractivity contribution in [2.24, 2.45) is 5.92 Å². The summed E-state index contributed by atoms with van der Waals surface area (Å²) in [7, 11) is 0. The van der Waals surface area contributed by atoms with Crippen LogP contribution in [0, 0.1) is 5.92 Å². The van der Waals surface area contributed by atoms with E-state index in [4.69, 9.17) is 0 Å². The Bertz CT molecular complexity index is 928. The monoisotopic (exact) mass is 442 g/mol. The Kier molecular flexibility index (Phi) is 7.17. The quantitative estimate of drug-likeness (QED) is 0.703. The molecule has 1 atom stereocenters. The molecule has 0 spiro atoms. The van der Waals surface area contributed by atoms with Gasteiger partial charge in [-0.15, -0.1) is 11.3 Å². The van der Waals surface area contributed by atoms with Crippen LogP contribution in [0.2, 0.25) is 0 Å². The Balaban J connectivity index is 1.67. The number of amides is 2. The molecular formula is C24H34N4O2S. The lowest BCUT2D eigenvalue weighted by Gasteiger charge is -2.23. The molecule has 0 bridgehead atoms. The molecule has 1 unspecified atom stereocenters. The zero-order valence-electron chi connectivity index (χ0n) is 19.4. The molecule has 2 aromatic rings. The highest BCUT2D eigenvalue weighted by Crippen LogP contribution is 2.28. The van der Waals surface area contributed by atoms with Crippen molar-refractivity contribution < 1.29 is 9.59 Å². The van der Waals surface area contributed by atoms with E-state index >= 15 is 0 Å². The maximum absolute atomic E-state index is 13.0. The van der Waals surface area contributed by atoms with E-state index in [0.29, 0.717) is 10.7 Å². The van der Waals surface area contributed by atoms with Crippen molar-refractivity contribution in [3.8, 4) is 0 Å². The predicted molar refractivity (Wildman–Crippen MR) is 127 cm³/mol. The largest absolute Gasteiger partial charge is 0.340 e. The van der Waals surface area contributed by atoms with E-state index in [1.807, 2.05) is 38.1 Å². The number of aromatic nitrogens is 1. The van der Waals surface area contributed by atoms with Crippen molar-refractivity contribution in [2.75, 3.05) is 18.4 Å². The molecule has 0 saturated heterocycles. The molecule has 0 radical (unpaired) electrons. The Labute approximate surface area is 189 Å². The second-order valence-corrected chi connectivity index (χ2v) is 10.6. The van der Waals surface area contributed by atoms with Gasteiger partial charge in [0.15, 0.2) is 5.13 Å². The molecule has 2 N–H and O–H groups in total. The highest BCUT2D eigenvalue weighted by molar-refractivity contribution is 7.15. The first-order valence-corrected chi connectivity index (χ1v) is 11.8. The summed E-state index contributed by atoms with van der Waals surface area (Å²) in [5, 5.41) is 6.45. The first kappa shape index (κ1) is 23.4. The fraction of sp³-hybridized carbons (Fsp3) is 0.542. The minimum atomic E-state index is -0.636. The van der Waals surface area contributed by atoms with Gasteiger partial charge in [0.1, 0.15) is 6.04 Å². The van der Waals surface area contributed by atoms with Crippen LogP contribution in [0.3, 0.4) is 0 Å². The summed E-state index contributed by atoms with van der Waals surface area (Å²) in [5.41, 5.74) is 2.82. The molecule has 7 heteroatoms. The van der Waals surface area contributed by atoms with Crippen molar-refractivity contribution in [3.63, 3.8) is 0 Å². The standard InChI is InChI=1S/C24H34N4O2S/c1-7-28-13-12-18-19(14-28)31-23(25-18)27-22(30)20(15(2)3)26-21(29)16-8-10-17(11-9-16)24(4,5)6/h8-11,15,20H,7,12-14H2,1-6H3,(H,26,29)(H,25,27,30). The summed E-state index contributed by atoms with van der Waals surface area (Å²) in [6.45, 7) is 15.3. The lowest BCUT2D eigenvalue weighted by Crippen LogP contribution is -2.47. The molecular weight excluding hydrogens is 408 g/mol. The molecule has 2 heterocycles. The van der Waals surface area contributed by atoms with E-state index in [1.54, 1.807) is 0 Å².